The molecule has 15 heavy (non-hydrogen) atoms. The van der Waals surface area contributed by atoms with E-state index in [9.17, 15) is 4.39 Å². The number of hydrogen-bond acceptors (Lipinski definition) is 1. The van der Waals surface area contributed by atoms with Gasteiger partial charge in [-0.25, -0.2) is 4.39 Å². The lowest BCUT2D eigenvalue weighted by Crippen LogP contribution is -2.36. The molecule has 0 amide bonds. The zero-order valence-corrected chi connectivity index (χ0v) is 9.62. The van der Waals surface area contributed by atoms with Crippen LogP contribution in [-0.4, -0.2) is 30.7 Å². The predicted octanol–water partition coefficient (Wildman–Crippen LogP) is 2.91. The van der Waals surface area contributed by atoms with E-state index in [0.29, 0.717) is 12.6 Å². The molecule has 0 bridgehead atoms. The summed E-state index contributed by atoms with van der Waals surface area (Å²) in [7, 11) is 0. The quantitative estimate of drug-likeness (QED) is 0.696. The molecule has 1 rings (SSSR count). The van der Waals surface area contributed by atoms with Crippen LogP contribution in [0.3, 0.4) is 0 Å². The molecule has 0 aliphatic rings. The normalized spacial score (nSPS) is 13.1. The van der Waals surface area contributed by atoms with E-state index in [1.165, 1.54) is 5.56 Å². The minimum atomic E-state index is -0.257. The molecule has 2 heteroatoms. The Morgan fingerprint density at radius 3 is 2.47 bits per heavy atom. The Hall–Kier alpha value is -0.890. The summed E-state index contributed by atoms with van der Waals surface area (Å²) >= 11 is 0. The van der Waals surface area contributed by atoms with E-state index >= 15 is 0 Å². The Bertz CT molecular complexity index is 260. The summed E-state index contributed by atoms with van der Waals surface area (Å²) in [5, 5.41) is 0. The fraction of sp³-hybridized carbons (Fsp3) is 0.538. The van der Waals surface area contributed by atoms with Gasteiger partial charge in [-0.05, 0) is 25.5 Å². The summed E-state index contributed by atoms with van der Waals surface area (Å²) in [6.07, 6.45) is 0.995. The van der Waals surface area contributed by atoms with E-state index in [-0.39, 0.29) is 6.67 Å². The Labute approximate surface area is 91.9 Å². The highest BCUT2D eigenvalue weighted by molar-refractivity contribution is 5.15. The van der Waals surface area contributed by atoms with Gasteiger partial charge in [-0.15, -0.1) is 0 Å². The summed E-state index contributed by atoms with van der Waals surface area (Å²) < 4.78 is 12.3. The highest BCUT2D eigenvalue weighted by Crippen LogP contribution is 2.08. The number of alkyl halides is 1. The van der Waals surface area contributed by atoms with Crippen molar-refractivity contribution >= 4 is 0 Å². The van der Waals surface area contributed by atoms with Crippen molar-refractivity contribution < 1.29 is 4.39 Å². The van der Waals surface area contributed by atoms with Crippen LogP contribution in [0.2, 0.25) is 0 Å². The summed E-state index contributed by atoms with van der Waals surface area (Å²) in [5.41, 5.74) is 1.32. The smallest absolute Gasteiger partial charge is 0.102 e. The van der Waals surface area contributed by atoms with E-state index in [2.05, 4.69) is 30.9 Å². The van der Waals surface area contributed by atoms with Crippen LogP contribution >= 0.6 is 0 Å². The average molecular weight is 209 g/mol. The molecule has 0 saturated carbocycles. The minimum absolute atomic E-state index is 0.257. The Balaban J connectivity index is 2.50. The molecular formula is C13H20FN. The van der Waals surface area contributed by atoms with Crippen molar-refractivity contribution in [2.45, 2.75) is 26.3 Å². The standard InChI is InChI=1S/C13H20FN/c1-3-15(10-9-14)12(2)11-13-7-5-4-6-8-13/h4-8,12H,3,9-11H2,1-2H3/t12-/m0/s1. The Morgan fingerprint density at radius 2 is 1.93 bits per heavy atom. The van der Waals surface area contributed by atoms with Crippen molar-refractivity contribution in [3.63, 3.8) is 0 Å². The van der Waals surface area contributed by atoms with Gasteiger partial charge in [0.25, 0.3) is 0 Å². The molecule has 1 nitrogen and oxygen atoms in total. The maximum absolute atomic E-state index is 12.3. The van der Waals surface area contributed by atoms with E-state index in [0.717, 1.165) is 13.0 Å². The Kier molecular flexibility index (Phi) is 5.33. The second-order valence-electron chi connectivity index (χ2n) is 3.86. The number of benzene rings is 1. The molecule has 0 aliphatic carbocycles. The molecule has 0 N–H and O–H groups in total. The van der Waals surface area contributed by atoms with Crippen LogP contribution in [-0.2, 0) is 6.42 Å². The monoisotopic (exact) mass is 209 g/mol. The van der Waals surface area contributed by atoms with Gasteiger partial charge >= 0.3 is 0 Å². The average Bonchev–Trinajstić information content (AvgIpc) is 2.27. The Morgan fingerprint density at radius 1 is 1.27 bits per heavy atom. The van der Waals surface area contributed by atoms with Gasteiger partial charge in [-0.1, -0.05) is 37.3 Å². The van der Waals surface area contributed by atoms with Gasteiger partial charge in [-0.3, -0.25) is 4.90 Å². The van der Waals surface area contributed by atoms with Gasteiger partial charge in [0, 0.05) is 12.6 Å². The van der Waals surface area contributed by atoms with E-state index in [1.54, 1.807) is 0 Å². The van der Waals surface area contributed by atoms with Gasteiger partial charge in [0.1, 0.15) is 6.67 Å². The molecule has 1 atom stereocenters. The van der Waals surface area contributed by atoms with Crippen LogP contribution in [0.5, 0.6) is 0 Å². The highest BCUT2D eigenvalue weighted by Gasteiger charge is 2.11. The topological polar surface area (TPSA) is 3.24 Å². The molecular weight excluding hydrogens is 189 g/mol. The first kappa shape index (κ1) is 12.2. The van der Waals surface area contributed by atoms with Crippen LogP contribution in [0.25, 0.3) is 0 Å². The predicted molar refractivity (Wildman–Crippen MR) is 62.8 cm³/mol. The lowest BCUT2D eigenvalue weighted by Gasteiger charge is -2.26. The van der Waals surface area contributed by atoms with Crippen molar-refractivity contribution in [1.29, 1.82) is 0 Å². The van der Waals surface area contributed by atoms with Crippen LogP contribution < -0.4 is 0 Å². The van der Waals surface area contributed by atoms with E-state index in [1.807, 2.05) is 18.2 Å². The largest absolute Gasteiger partial charge is 0.298 e. The van der Waals surface area contributed by atoms with Crippen LogP contribution in [0, 0.1) is 0 Å². The summed E-state index contributed by atoms with van der Waals surface area (Å²) in [6, 6.07) is 10.8. The molecule has 0 saturated heterocycles. The van der Waals surface area contributed by atoms with Crippen molar-refractivity contribution in [2.24, 2.45) is 0 Å². The number of halogens is 1. The lowest BCUT2D eigenvalue weighted by molar-refractivity contribution is 0.200. The molecule has 0 aliphatic heterocycles. The van der Waals surface area contributed by atoms with Gasteiger partial charge in [0.2, 0.25) is 0 Å². The summed E-state index contributed by atoms with van der Waals surface area (Å²) in [6.45, 7) is 5.44. The fourth-order valence-corrected chi connectivity index (χ4v) is 1.88. The maximum atomic E-state index is 12.3. The number of nitrogens with zero attached hydrogens (tertiary/aromatic N) is 1. The van der Waals surface area contributed by atoms with Crippen LogP contribution in [0.4, 0.5) is 4.39 Å². The number of hydrogen-bond donors (Lipinski definition) is 0. The van der Waals surface area contributed by atoms with Crippen molar-refractivity contribution in [1.82, 2.24) is 4.90 Å². The van der Waals surface area contributed by atoms with Crippen molar-refractivity contribution in [2.75, 3.05) is 19.8 Å². The minimum Gasteiger partial charge on any atom is -0.298 e. The van der Waals surface area contributed by atoms with Gasteiger partial charge < -0.3 is 0 Å². The van der Waals surface area contributed by atoms with Crippen molar-refractivity contribution in [3.05, 3.63) is 35.9 Å². The molecule has 0 fully saturated rings. The third-order valence-corrected chi connectivity index (χ3v) is 2.78. The lowest BCUT2D eigenvalue weighted by atomic mass is 10.1. The second-order valence-corrected chi connectivity index (χ2v) is 3.86. The fourth-order valence-electron chi connectivity index (χ4n) is 1.88. The molecule has 0 unspecified atom stereocenters. The molecule has 84 valence electrons. The third kappa shape index (κ3) is 4.00. The molecule has 0 heterocycles. The first-order valence-electron chi connectivity index (χ1n) is 5.61. The van der Waals surface area contributed by atoms with Gasteiger partial charge in [-0.2, -0.15) is 0 Å². The highest BCUT2D eigenvalue weighted by atomic mass is 19.1. The number of likely N-dealkylation sites (N-methyl/N-ethyl adjacent to an activating group) is 1. The van der Waals surface area contributed by atoms with Crippen molar-refractivity contribution in [3.8, 4) is 0 Å². The van der Waals surface area contributed by atoms with Crippen LogP contribution in [0.15, 0.2) is 30.3 Å². The summed E-state index contributed by atoms with van der Waals surface area (Å²) in [4.78, 5) is 2.17. The maximum Gasteiger partial charge on any atom is 0.102 e. The van der Waals surface area contributed by atoms with Crippen LogP contribution in [0.1, 0.15) is 19.4 Å². The first-order valence-corrected chi connectivity index (χ1v) is 5.61. The zero-order chi connectivity index (χ0) is 11.1. The third-order valence-electron chi connectivity index (χ3n) is 2.78. The SMILES string of the molecule is CCN(CCF)[C@@H](C)Cc1ccccc1. The molecule has 0 spiro atoms. The summed E-state index contributed by atoms with van der Waals surface area (Å²) in [5.74, 6) is 0. The molecule has 0 radical (unpaired) electrons. The second kappa shape index (κ2) is 6.57. The van der Waals surface area contributed by atoms with Gasteiger partial charge in [0.15, 0.2) is 0 Å². The first-order chi connectivity index (χ1) is 7.27. The molecule has 0 aromatic heterocycles. The molecule has 1 aromatic carbocycles. The molecule has 1 aromatic rings. The van der Waals surface area contributed by atoms with E-state index in [4.69, 9.17) is 0 Å². The van der Waals surface area contributed by atoms with Gasteiger partial charge in [0.05, 0.1) is 0 Å². The van der Waals surface area contributed by atoms with E-state index < -0.39 is 0 Å². The zero-order valence-electron chi connectivity index (χ0n) is 9.62. The number of rotatable bonds is 6.